The standard InChI is InChI=1S/C22H19ClN6/c1-13-22-27-26-14(2)29(22)20-9-6-16(17-11-24-28(3)12-17)10-19(20)21(25-13)15-4-7-18(23)8-5-15/h4-13H,1-3H3/t13-/m0/s1. The molecule has 29 heavy (non-hydrogen) atoms. The lowest BCUT2D eigenvalue weighted by Crippen LogP contribution is -2.08. The zero-order valence-corrected chi connectivity index (χ0v) is 17.1. The van der Waals surface area contributed by atoms with Crippen molar-refractivity contribution in [3.05, 3.63) is 82.7 Å². The maximum atomic E-state index is 6.12. The van der Waals surface area contributed by atoms with E-state index in [-0.39, 0.29) is 6.04 Å². The molecule has 3 heterocycles. The highest BCUT2D eigenvalue weighted by atomic mass is 35.5. The molecule has 0 fully saturated rings. The molecule has 0 bridgehead atoms. The lowest BCUT2D eigenvalue weighted by molar-refractivity contribution is 0.721. The third kappa shape index (κ3) is 2.96. The van der Waals surface area contributed by atoms with Gasteiger partial charge in [-0.1, -0.05) is 29.8 Å². The van der Waals surface area contributed by atoms with Gasteiger partial charge in [-0.2, -0.15) is 5.10 Å². The van der Waals surface area contributed by atoms with Crippen molar-refractivity contribution in [1.82, 2.24) is 24.5 Å². The van der Waals surface area contributed by atoms with Crippen molar-refractivity contribution in [1.29, 1.82) is 0 Å². The van der Waals surface area contributed by atoms with Crippen LogP contribution in [0.4, 0.5) is 0 Å². The summed E-state index contributed by atoms with van der Waals surface area (Å²) in [6.07, 6.45) is 3.88. The second kappa shape index (κ2) is 6.67. The molecule has 0 aliphatic carbocycles. The quantitative estimate of drug-likeness (QED) is 0.494. The Hall–Kier alpha value is -3.25. The Labute approximate surface area is 173 Å². The number of hydrogen-bond donors (Lipinski definition) is 0. The lowest BCUT2D eigenvalue weighted by atomic mass is 9.96. The molecule has 0 saturated carbocycles. The summed E-state index contributed by atoms with van der Waals surface area (Å²) >= 11 is 6.12. The van der Waals surface area contributed by atoms with Crippen LogP contribution in [0.5, 0.6) is 0 Å². The number of aliphatic imine (C=N–C) groups is 1. The highest BCUT2D eigenvalue weighted by molar-refractivity contribution is 6.30. The maximum Gasteiger partial charge on any atom is 0.162 e. The Morgan fingerprint density at radius 3 is 2.45 bits per heavy atom. The van der Waals surface area contributed by atoms with E-state index in [1.54, 1.807) is 4.68 Å². The molecule has 0 spiro atoms. The highest BCUT2D eigenvalue weighted by Crippen LogP contribution is 2.33. The minimum Gasteiger partial charge on any atom is -0.281 e. The van der Waals surface area contributed by atoms with E-state index in [2.05, 4.69) is 38.1 Å². The molecule has 0 unspecified atom stereocenters. The van der Waals surface area contributed by atoms with Crippen LogP contribution in [0.25, 0.3) is 16.8 Å². The third-order valence-electron chi connectivity index (χ3n) is 5.19. The number of aromatic nitrogens is 5. The van der Waals surface area contributed by atoms with Crippen LogP contribution >= 0.6 is 11.6 Å². The van der Waals surface area contributed by atoms with Gasteiger partial charge in [0.15, 0.2) is 5.82 Å². The Kier molecular flexibility index (Phi) is 4.10. The number of fused-ring (bicyclic) bond motifs is 3. The topological polar surface area (TPSA) is 60.9 Å². The van der Waals surface area contributed by atoms with Crippen LogP contribution in [0.1, 0.15) is 35.7 Å². The van der Waals surface area contributed by atoms with Crippen LogP contribution in [-0.2, 0) is 7.05 Å². The summed E-state index contributed by atoms with van der Waals surface area (Å²) in [5, 5.41) is 13.7. The molecule has 0 radical (unpaired) electrons. The lowest BCUT2D eigenvalue weighted by Gasteiger charge is -2.14. The van der Waals surface area contributed by atoms with Crippen molar-refractivity contribution in [3.63, 3.8) is 0 Å². The van der Waals surface area contributed by atoms with E-state index in [1.165, 1.54) is 0 Å². The van der Waals surface area contributed by atoms with Gasteiger partial charge >= 0.3 is 0 Å². The first-order valence-corrected chi connectivity index (χ1v) is 9.78. The van der Waals surface area contributed by atoms with Gasteiger partial charge in [-0.3, -0.25) is 14.2 Å². The summed E-state index contributed by atoms with van der Waals surface area (Å²) in [4.78, 5) is 5.04. The fourth-order valence-electron chi connectivity index (χ4n) is 3.78. The van der Waals surface area contributed by atoms with Crippen molar-refractivity contribution in [2.45, 2.75) is 19.9 Å². The molecule has 0 N–H and O–H groups in total. The van der Waals surface area contributed by atoms with Crippen LogP contribution in [0.2, 0.25) is 5.02 Å². The summed E-state index contributed by atoms with van der Waals surface area (Å²) in [5.74, 6) is 1.68. The van der Waals surface area contributed by atoms with Gasteiger partial charge in [-0.05, 0) is 43.7 Å². The molecule has 6 nitrogen and oxygen atoms in total. The van der Waals surface area contributed by atoms with Gasteiger partial charge in [-0.15, -0.1) is 10.2 Å². The summed E-state index contributed by atoms with van der Waals surface area (Å²) in [5.41, 5.74) is 6.13. The van der Waals surface area contributed by atoms with Gasteiger partial charge in [0.2, 0.25) is 0 Å². The van der Waals surface area contributed by atoms with E-state index in [1.807, 2.05) is 57.6 Å². The van der Waals surface area contributed by atoms with Gasteiger partial charge < -0.3 is 0 Å². The zero-order chi connectivity index (χ0) is 20.1. The Morgan fingerprint density at radius 1 is 0.966 bits per heavy atom. The molecule has 144 valence electrons. The molecule has 4 aromatic rings. The molecule has 0 saturated heterocycles. The minimum absolute atomic E-state index is 0.129. The van der Waals surface area contributed by atoms with Crippen LogP contribution in [0.3, 0.4) is 0 Å². The fourth-order valence-corrected chi connectivity index (χ4v) is 3.90. The molecule has 2 aromatic heterocycles. The number of aryl methyl sites for hydroxylation is 2. The molecular formula is C22H19ClN6. The van der Waals surface area contributed by atoms with Crippen LogP contribution in [0, 0.1) is 6.92 Å². The summed E-state index contributed by atoms with van der Waals surface area (Å²) in [7, 11) is 1.92. The van der Waals surface area contributed by atoms with E-state index in [0.29, 0.717) is 5.02 Å². The normalized spacial score (nSPS) is 15.4. The number of nitrogens with zero attached hydrogens (tertiary/aromatic N) is 6. The largest absolute Gasteiger partial charge is 0.281 e. The van der Waals surface area contributed by atoms with Crippen LogP contribution in [-0.4, -0.2) is 30.3 Å². The Morgan fingerprint density at radius 2 is 1.72 bits per heavy atom. The van der Waals surface area contributed by atoms with E-state index in [9.17, 15) is 0 Å². The molecule has 1 atom stereocenters. The van der Waals surface area contributed by atoms with E-state index in [0.717, 1.165) is 45.3 Å². The van der Waals surface area contributed by atoms with Crippen molar-refractivity contribution in [2.24, 2.45) is 12.0 Å². The summed E-state index contributed by atoms with van der Waals surface area (Å²) in [6, 6.07) is 14.1. The Balaban J connectivity index is 1.78. The number of halogens is 1. The van der Waals surface area contributed by atoms with E-state index in [4.69, 9.17) is 16.6 Å². The van der Waals surface area contributed by atoms with Crippen LogP contribution < -0.4 is 0 Å². The van der Waals surface area contributed by atoms with Gasteiger partial charge in [0.1, 0.15) is 11.9 Å². The second-order valence-electron chi connectivity index (χ2n) is 7.24. The molecule has 2 aromatic carbocycles. The van der Waals surface area contributed by atoms with E-state index < -0.39 is 0 Å². The summed E-state index contributed by atoms with van der Waals surface area (Å²) < 4.78 is 3.90. The van der Waals surface area contributed by atoms with E-state index >= 15 is 0 Å². The molecule has 7 heteroatoms. The van der Waals surface area contributed by atoms with Gasteiger partial charge in [0.05, 0.1) is 17.6 Å². The fraction of sp³-hybridized carbons (Fsp3) is 0.182. The maximum absolute atomic E-state index is 6.12. The summed E-state index contributed by atoms with van der Waals surface area (Å²) in [6.45, 7) is 4.01. The minimum atomic E-state index is -0.129. The first-order valence-electron chi connectivity index (χ1n) is 9.41. The van der Waals surface area contributed by atoms with Crippen LogP contribution in [0.15, 0.2) is 59.9 Å². The van der Waals surface area contributed by atoms with Crippen molar-refractivity contribution >= 4 is 17.3 Å². The molecule has 0 amide bonds. The third-order valence-corrected chi connectivity index (χ3v) is 5.45. The van der Waals surface area contributed by atoms with Gasteiger partial charge in [0.25, 0.3) is 0 Å². The first kappa shape index (κ1) is 17.8. The van der Waals surface area contributed by atoms with Crippen molar-refractivity contribution in [3.8, 4) is 16.8 Å². The van der Waals surface area contributed by atoms with Crippen molar-refractivity contribution < 1.29 is 0 Å². The highest BCUT2D eigenvalue weighted by Gasteiger charge is 2.26. The average molecular weight is 403 g/mol. The number of rotatable bonds is 2. The average Bonchev–Trinajstić information content (AvgIpc) is 3.29. The monoisotopic (exact) mass is 402 g/mol. The predicted molar refractivity (Wildman–Crippen MR) is 114 cm³/mol. The van der Waals surface area contributed by atoms with Gasteiger partial charge in [0, 0.05) is 35.0 Å². The number of hydrogen-bond acceptors (Lipinski definition) is 4. The second-order valence-corrected chi connectivity index (χ2v) is 7.67. The predicted octanol–water partition coefficient (Wildman–Crippen LogP) is 4.54. The Bertz CT molecular complexity index is 1250. The smallest absolute Gasteiger partial charge is 0.162 e. The SMILES string of the molecule is Cc1nnc2n1-c1ccc(-c3cnn(C)c3)cc1C(c1ccc(Cl)cc1)=N[C@H]2C. The number of benzene rings is 2. The molecule has 5 rings (SSSR count). The first-order chi connectivity index (χ1) is 14.0. The molecule has 1 aliphatic heterocycles. The molecule has 1 aliphatic rings. The zero-order valence-electron chi connectivity index (χ0n) is 16.3. The van der Waals surface area contributed by atoms with Crippen molar-refractivity contribution in [2.75, 3.05) is 0 Å². The van der Waals surface area contributed by atoms with Gasteiger partial charge in [-0.25, -0.2) is 0 Å². The molecular weight excluding hydrogens is 384 g/mol.